The highest BCUT2D eigenvalue weighted by molar-refractivity contribution is 7.89. The van der Waals surface area contributed by atoms with Crippen LogP contribution in [0.5, 0.6) is 11.5 Å². The molecule has 0 aliphatic carbocycles. The highest BCUT2D eigenvalue weighted by Crippen LogP contribution is 2.32. The normalized spacial score (nSPS) is 13.9. The van der Waals surface area contributed by atoms with Crippen molar-refractivity contribution in [2.75, 3.05) is 50.7 Å². The highest BCUT2D eigenvalue weighted by atomic mass is 32.2. The molecule has 3 rings (SSSR count). The molecule has 0 bridgehead atoms. The lowest BCUT2D eigenvalue weighted by molar-refractivity contribution is -0.144. The summed E-state index contributed by atoms with van der Waals surface area (Å²) in [5.41, 5.74) is 7.04. The van der Waals surface area contributed by atoms with E-state index in [0.717, 1.165) is 5.56 Å². The average molecular weight is 591 g/mol. The summed E-state index contributed by atoms with van der Waals surface area (Å²) in [5, 5.41) is 2.67. The lowest BCUT2D eigenvalue weighted by atomic mass is 9.96. The monoisotopic (exact) mass is 590 g/mol. The zero-order valence-electron chi connectivity index (χ0n) is 23.6. The maximum atomic E-state index is 13.6. The Kier molecular flexibility index (Phi) is 11.4. The summed E-state index contributed by atoms with van der Waals surface area (Å²) in [7, 11) is -0.958. The molecule has 41 heavy (non-hydrogen) atoms. The number of ether oxygens (including phenoxy) is 3. The topological polar surface area (TPSA) is 166 Å². The predicted molar refractivity (Wildman–Crippen MR) is 154 cm³/mol. The number of rotatable bonds is 14. The van der Waals surface area contributed by atoms with Gasteiger partial charge in [0.1, 0.15) is 4.90 Å². The summed E-state index contributed by atoms with van der Waals surface area (Å²) in [5.74, 6) is -0.445. The number of primary amides is 1. The Balaban J connectivity index is 1.79. The van der Waals surface area contributed by atoms with E-state index in [2.05, 4.69) is 10.0 Å². The predicted octanol–water partition coefficient (Wildman–Crippen LogP) is 2.21. The average Bonchev–Trinajstić information content (AvgIpc) is 2.96. The van der Waals surface area contributed by atoms with Gasteiger partial charge in [0.2, 0.25) is 21.8 Å². The SMILES string of the molecule is CCOC(=O)CCC(=O)Nc1ccc(N2CCC(C(N)=O)CC2)c(S(=O)(=O)NCCc2ccc(OC)c(OC)c2)c1. The third-order valence-corrected chi connectivity index (χ3v) is 8.28. The van der Waals surface area contributed by atoms with E-state index < -0.39 is 21.9 Å². The molecule has 0 atom stereocenters. The smallest absolute Gasteiger partial charge is 0.306 e. The summed E-state index contributed by atoms with van der Waals surface area (Å²) in [6.45, 7) is 2.91. The molecule has 0 aromatic heterocycles. The molecule has 1 aliphatic heterocycles. The fraction of sp³-hybridized carbons (Fsp3) is 0.464. The molecule has 1 heterocycles. The molecule has 13 heteroatoms. The Morgan fingerprint density at radius 2 is 1.71 bits per heavy atom. The van der Waals surface area contributed by atoms with E-state index in [1.807, 2.05) is 11.0 Å². The van der Waals surface area contributed by atoms with Crippen molar-refractivity contribution in [2.24, 2.45) is 11.7 Å². The molecule has 2 aromatic carbocycles. The van der Waals surface area contributed by atoms with Crippen LogP contribution < -0.4 is 30.1 Å². The van der Waals surface area contributed by atoms with Crippen LogP contribution in [0.4, 0.5) is 11.4 Å². The first-order valence-electron chi connectivity index (χ1n) is 13.4. The van der Waals surface area contributed by atoms with Crippen molar-refractivity contribution < 1.29 is 37.0 Å². The number of piperidine rings is 1. The van der Waals surface area contributed by atoms with Gasteiger partial charge in [0, 0.05) is 37.7 Å². The van der Waals surface area contributed by atoms with Crippen molar-refractivity contribution in [3.63, 3.8) is 0 Å². The first kappa shape index (κ1) is 31.7. The molecule has 2 amide bonds. The number of methoxy groups -OCH3 is 2. The van der Waals surface area contributed by atoms with Crippen molar-refractivity contribution in [3.8, 4) is 11.5 Å². The number of anilines is 2. The van der Waals surface area contributed by atoms with Gasteiger partial charge in [-0.15, -0.1) is 0 Å². The number of nitrogens with zero attached hydrogens (tertiary/aromatic N) is 1. The van der Waals surface area contributed by atoms with Crippen LogP contribution in [-0.2, 0) is 35.6 Å². The molecule has 1 aliphatic rings. The first-order valence-corrected chi connectivity index (χ1v) is 14.9. The van der Waals surface area contributed by atoms with E-state index in [1.165, 1.54) is 20.3 Å². The highest BCUT2D eigenvalue weighted by Gasteiger charge is 2.28. The molecular formula is C28H38N4O8S. The molecule has 4 N–H and O–H groups in total. The molecule has 2 aromatic rings. The minimum Gasteiger partial charge on any atom is -0.493 e. The van der Waals surface area contributed by atoms with Gasteiger partial charge in [-0.1, -0.05) is 6.07 Å². The van der Waals surface area contributed by atoms with Gasteiger partial charge < -0.3 is 30.2 Å². The summed E-state index contributed by atoms with van der Waals surface area (Å²) >= 11 is 0. The fourth-order valence-electron chi connectivity index (χ4n) is 4.59. The zero-order valence-corrected chi connectivity index (χ0v) is 24.4. The van der Waals surface area contributed by atoms with Crippen LogP contribution in [0.3, 0.4) is 0 Å². The number of hydrogen-bond acceptors (Lipinski definition) is 9. The van der Waals surface area contributed by atoms with E-state index in [9.17, 15) is 22.8 Å². The van der Waals surface area contributed by atoms with Gasteiger partial charge in [0.25, 0.3) is 0 Å². The number of sulfonamides is 1. The molecule has 0 spiro atoms. The van der Waals surface area contributed by atoms with Crippen molar-refractivity contribution >= 4 is 39.2 Å². The number of hydrogen-bond donors (Lipinski definition) is 3. The number of amides is 2. The summed E-state index contributed by atoms with van der Waals surface area (Å²) < 4.78 is 45.2. The van der Waals surface area contributed by atoms with Crippen LogP contribution in [-0.4, -0.2) is 66.7 Å². The second kappa shape index (κ2) is 14.7. The fourth-order valence-corrected chi connectivity index (χ4v) is 5.87. The number of carbonyl (C=O) groups excluding carboxylic acids is 3. The van der Waals surface area contributed by atoms with E-state index >= 15 is 0 Å². The maximum Gasteiger partial charge on any atom is 0.306 e. The number of benzene rings is 2. The van der Waals surface area contributed by atoms with Gasteiger partial charge in [-0.2, -0.15) is 0 Å². The van der Waals surface area contributed by atoms with Gasteiger partial charge in [-0.25, -0.2) is 13.1 Å². The van der Waals surface area contributed by atoms with Gasteiger partial charge in [0.15, 0.2) is 11.5 Å². The second-order valence-corrected chi connectivity index (χ2v) is 11.3. The standard InChI is InChI=1S/C28H38N4O8S/c1-4-40-27(34)10-9-26(33)31-21-6-7-22(32-15-12-20(13-16-32)28(29)35)25(18-21)41(36,37)30-14-11-19-5-8-23(38-2)24(17-19)39-3/h5-8,17-18,20,30H,4,9-16H2,1-3H3,(H2,29,35)(H,31,33). The summed E-state index contributed by atoms with van der Waals surface area (Å²) in [4.78, 5) is 37.6. The molecule has 1 saturated heterocycles. The summed E-state index contributed by atoms with van der Waals surface area (Å²) in [6, 6.07) is 10.0. The maximum absolute atomic E-state index is 13.6. The minimum absolute atomic E-state index is 0.00877. The minimum atomic E-state index is -4.02. The Morgan fingerprint density at radius 3 is 2.34 bits per heavy atom. The van der Waals surface area contributed by atoms with Crippen molar-refractivity contribution in [3.05, 3.63) is 42.0 Å². The van der Waals surface area contributed by atoms with Gasteiger partial charge >= 0.3 is 5.97 Å². The molecule has 1 fully saturated rings. The zero-order chi connectivity index (χ0) is 30.0. The van der Waals surface area contributed by atoms with Crippen LogP contribution in [0.25, 0.3) is 0 Å². The van der Waals surface area contributed by atoms with E-state index in [-0.39, 0.29) is 48.4 Å². The van der Waals surface area contributed by atoms with Gasteiger partial charge in [-0.05, 0) is 62.1 Å². The van der Waals surface area contributed by atoms with Crippen LogP contribution >= 0.6 is 0 Å². The molecule has 0 radical (unpaired) electrons. The Labute approximate surface area is 240 Å². The number of nitrogens with one attached hydrogen (secondary N) is 2. The third-order valence-electron chi connectivity index (χ3n) is 6.79. The number of carbonyl (C=O) groups is 3. The lowest BCUT2D eigenvalue weighted by Gasteiger charge is -2.33. The molecule has 12 nitrogen and oxygen atoms in total. The van der Waals surface area contributed by atoms with E-state index in [0.29, 0.717) is 49.5 Å². The molecular weight excluding hydrogens is 552 g/mol. The van der Waals surface area contributed by atoms with Gasteiger partial charge in [0.05, 0.1) is 32.9 Å². The Bertz CT molecular complexity index is 1340. The van der Waals surface area contributed by atoms with Crippen LogP contribution in [0.15, 0.2) is 41.3 Å². The van der Waals surface area contributed by atoms with Crippen LogP contribution in [0.1, 0.15) is 38.2 Å². The first-order chi connectivity index (χ1) is 19.6. The Morgan fingerprint density at radius 1 is 1.00 bits per heavy atom. The lowest BCUT2D eigenvalue weighted by Crippen LogP contribution is -2.39. The summed E-state index contributed by atoms with van der Waals surface area (Å²) in [6.07, 6.45) is 1.22. The second-order valence-electron chi connectivity index (χ2n) is 9.54. The molecule has 0 saturated carbocycles. The third kappa shape index (κ3) is 8.82. The largest absolute Gasteiger partial charge is 0.493 e. The van der Waals surface area contributed by atoms with Crippen molar-refractivity contribution in [2.45, 2.75) is 43.9 Å². The van der Waals surface area contributed by atoms with Gasteiger partial charge in [-0.3, -0.25) is 14.4 Å². The molecule has 0 unspecified atom stereocenters. The van der Waals surface area contributed by atoms with E-state index in [1.54, 1.807) is 31.2 Å². The van der Waals surface area contributed by atoms with Crippen molar-refractivity contribution in [1.29, 1.82) is 0 Å². The van der Waals surface area contributed by atoms with Crippen molar-refractivity contribution in [1.82, 2.24) is 4.72 Å². The van der Waals surface area contributed by atoms with Crippen LogP contribution in [0, 0.1) is 5.92 Å². The molecule has 224 valence electrons. The number of esters is 1. The Hall–Kier alpha value is -3.84. The quantitative estimate of drug-likeness (QED) is 0.280. The number of nitrogens with two attached hydrogens (primary N) is 1. The van der Waals surface area contributed by atoms with E-state index in [4.69, 9.17) is 19.9 Å². The van der Waals surface area contributed by atoms with Crippen LogP contribution in [0.2, 0.25) is 0 Å².